The number of nitrogens with two attached hydrogens (primary N) is 1. The summed E-state index contributed by atoms with van der Waals surface area (Å²) in [4.78, 5) is 10.5. The van der Waals surface area contributed by atoms with Crippen molar-refractivity contribution in [3.8, 4) is 0 Å². The van der Waals surface area contributed by atoms with Gasteiger partial charge in [-0.3, -0.25) is 4.79 Å². The maximum Gasteiger partial charge on any atom is 0.322 e. The third-order valence-corrected chi connectivity index (χ3v) is 2.26. The highest BCUT2D eigenvalue weighted by Crippen LogP contribution is 1.85. The van der Waals surface area contributed by atoms with Gasteiger partial charge in [0, 0.05) is 13.1 Å². The summed E-state index contributed by atoms with van der Waals surface area (Å²) in [5.74, 6) is -1.46. The minimum Gasteiger partial charge on any atom is -0.468 e. The normalized spacial score (nSPS) is 11.2. The molecule has 0 fully saturated rings. The highest BCUT2D eigenvalue weighted by atomic mass is 32.2. The van der Waals surface area contributed by atoms with Crippen LogP contribution >= 0.6 is 0 Å². The van der Waals surface area contributed by atoms with E-state index in [1.54, 1.807) is 0 Å². The molecule has 0 saturated carbocycles. The van der Waals surface area contributed by atoms with Crippen LogP contribution in [0.3, 0.4) is 0 Å². The lowest BCUT2D eigenvalue weighted by Gasteiger charge is -2.02. The van der Waals surface area contributed by atoms with E-state index in [1.165, 1.54) is 0 Å². The lowest BCUT2D eigenvalue weighted by Crippen LogP contribution is -2.34. The van der Waals surface area contributed by atoms with Crippen LogP contribution < -0.4 is 10.5 Å². The first-order valence-electron chi connectivity index (χ1n) is 3.26. The number of carbonyl (C=O) groups is 1. The summed E-state index contributed by atoms with van der Waals surface area (Å²) < 4.78 is 28.1. The van der Waals surface area contributed by atoms with Gasteiger partial charge in [0.1, 0.15) is 0 Å². The van der Waals surface area contributed by atoms with E-state index in [-0.39, 0.29) is 13.1 Å². The zero-order valence-corrected chi connectivity index (χ0v) is 7.56. The van der Waals surface area contributed by atoms with Crippen molar-refractivity contribution in [2.45, 2.75) is 0 Å². The van der Waals surface area contributed by atoms with Gasteiger partial charge in [-0.25, -0.2) is 13.1 Å². The highest BCUT2D eigenvalue weighted by molar-refractivity contribution is 7.90. The predicted octanol–water partition coefficient (Wildman–Crippen LogP) is -1.96. The molecule has 0 saturated heterocycles. The number of esters is 1. The van der Waals surface area contributed by atoms with E-state index < -0.39 is 21.7 Å². The fourth-order valence-electron chi connectivity index (χ4n) is 0.480. The molecule has 7 heteroatoms. The Morgan fingerprint density at radius 1 is 1.58 bits per heavy atom. The SMILES string of the molecule is COC(=O)CS(=O)(=O)NCCN. The quantitative estimate of drug-likeness (QED) is 0.497. The van der Waals surface area contributed by atoms with Crippen LogP contribution in [0.1, 0.15) is 0 Å². The fourth-order valence-corrected chi connectivity index (χ4v) is 1.44. The van der Waals surface area contributed by atoms with Crippen molar-refractivity contribution in [1.82, 2.24) is 4.72 Å². The van der Waals surface area contributed by atoms with Crippen molar-refractivity contribution >= 4 is 16.0 Å². The topological polar surface area (TPSA) is 98.5 Å². The molecule has 6 nitrogen and oxygen atoms in total. The molecule has 0 aliphatic carbocycles. The van der Waals surface area contributed by atoms with Gasteiger partial charge in [-0.1, -0.05) is 0 Å². The Kier molecular flexibility index (Phi) is 4.79. The van der Waals surface area contributed by atoms with Crippen molar-refractivity contribution < 1.29 is 17.9 Å². The first-order chi connectivity index (χ1) is 5.52. The van der Waals surface area contributed by atoms with Crippen molar-refractivity contribution in [2.75, 3.05) is 26.0 Å². The maximum atomic E-state index is 10.9. The monoisotopic (exact) mass is 196 g/mol. The fraction of sp³-hybridized carbons (Fsp3) is 0.800. The molecule has 0 rings (SSSR count). The van der Waals surface area contributed by atoms with Crippen molar-refractivity contribution in [2.24, 2.45) is 5.73 Å². The molecule has 0 unspecified atom stereocenters. The van der Waals surface area contributed by atoms with Gasteiger partial charge < -0.3 is 10.5 Å². The molecule has 0 bridgehead atoms. The van der Waals surface area contributed by atoms with Gasteiger partial charge in [-0.15, -0.1) is 0 Å². The van der Waals surface area contributed by atoms with E-state index in [0.29, 0.717) is 0 Å². The summed E-state index contributed by atoms with van der Waals surface area (Å²) >= 11 is 0. The second-order valence-corrected chi connectivity index (χ2v) is 3.83. The predicted molar refractivity (Wildman–Crippen MR) is 42.9 cm³/mol. The number of sulfonamides is 1. The van der Waals surface area contributed by atoms with Crippen molar-refractivity contribution in [3.05, 3.63) is 0 Å². The summed E-state index contributed by atoms with van der Waals surface area (Å²) in [6.07, 6.45) is 0. The molecular weight excluding hydrogens is 184 g/mol. The lowest BCUT2D eigenvalue weighted by atomic mass is 10.7. The Bertz CT molecular complexity index is 236. The van der Waals surface area contributed by atoms with Crippen LogP contribution in [0.2, 0.25) is 0 Å². The Labute approximate surface area is 71.1 Å². The summed E-state index contributed by atoms with van der Waals surface area (Å²) in [6.45, 7) is 0.319. The molecule has 12 heavy (non-hydrogen) atoms. The van der Waals surface area contributed by atoms with Crippen LogP contribution in [0.15, 0.2) is 0 Å². The van der Waals surface area contributed by atoms with E-state index >= 15 is 0 Å². The molecule has 0 spiro atoms. The Hall–Kier alpha value is -0.660. The van der Waals surface area contributed by atoms with E-state index in [4.69, 9.17) is 5.73 Å². The summed E-state index contributed by atoms with van der Waals surface area (Å²) in [5.41, 5.74) is 5.06. The molecule has 3 N–H and O–H groups in total. The van der Waals surface area contributed by atoms with E-state index in [9.17, 15) is 13.2 Å². The minimum atomic E-state index is -3.56. The van der Waals surface area contributed by atoms with Gasteiger partial charge in [0.2, 0.25) is 10.0 Å². The smallest absolute Gasteiger partial charge is 0.322 e. The Morgan fingerprint density at radius 2 is 2.17 bits per heavy atom. The second-order valence-electron chi connectivity index (χ2n) is 2.02. The summed E-state index contributed by atoms with van der Waals surface area (Å²) in [5, 5.41) is 0. The van der Waals surface area contributed by atoms with Gasteiger partial charge >= 0.3 is 5.97 Å². The number of ether oxygens (including phenoxy) is 1. The van der Waals surface area contributed by atoms with Crippen LogP contribution in [0.25, 0.3) is 0 Å². The van der Waals surface area contributed by atoms with Gasteiger partial charge in [0.15, 0.2) is 5.75 Å². The molecule has 0 aromatic heterocycles. The Balaban J connectivity index is 3.96. The minimum absolute atomic E-state index is 0.124. The molecule has 0 aliphatic rings. The molecular formula is C5H12N2O4S. The summed E-state index contributed by atoms with van der Waals surface area (Å²) in [7, 11) is -2.43. The third kappa shape index (κ3) is 5.05. The van der Waals surface area contributed by atoms with Gasteiger partial charge in [-0.05, 0) is 0 Å². The lowest BCUT2D eigenvalue weighted by molar-refractivity contribution is -0.137. The van der Waals surface area contributed by atoms with E-state index in [2.05, 4.69) is 9.46 Å². The summed E-state index contributed by atoms with van der Waals surface area (Å²) in [6, 6.07) is 0. The molecule has 0 radical (unpaired) electrons. The van der Waals surface area contributed by atoms with E-state index in [0.717, 1.165) is 7.11 Å². The van der Waals surface area contributed by atoms with Gasteiger partial charge in [0.25, 0.3) is 0 Å². The van der Waals surface area contributed by atoms with E-state index in [1.807, 2.05) is 0 Å². The molecule has 0 aromatic carbocycles. The zero-order chi connectivity index (χ0) is 9.61. The third-order valence-electron chi connectivity index (χ3n) is 1.00. The van der Waals surface area contributed by atoms with Crippen molar-refractivity contribution in [1.29, 1.82) is 0 Å². The molecule has 0 amide bonds. The molecule has 72 valence electrons. The average Bonchev–Trinajstić information content (AvgIpc) is 2.00. The Morgan fingerprint density at radius 3 is 2.58 bits per heavy atom. The molecule has 0 atom stereocenters. The number of hydrogen-bond acceptors (Lipinski definition) is 5. The first-order valence-corrected chi connectivity index (χ1v) is 4.91. The standard InChI is InChI=1S/C5H12N2O4S/c1-11-5(8)4-12(9,10)7-3-2-6/h7H,2-4,6H2,1H3. The number of methoxy groups -OCH3 is 1. The van der Waals surface area contributed by atoms with Crippen LogP contribution in [0.5, 0.6) is 0 Å². The number of rotatable bonds is 5. The number of hydrogen-bond donors (Lipinski definition) is 2. The molecule has 0 heterocycles. The van der Waals surface area contributed by atoms with Crippen LogP contribution in [0, 0.1) is 0 Å². The van der Waals surface area contributed by atoms with Crippen LogP contribution in [-0.4, -0.2) is 40.3 Å². The van der Waals surface area contributed by atoms with Crippen LogP contribution in [-0.2, 0) is 19.6 Å². The maximum absolute atomic E-state index is 10.9. The number of carbonyl (C=O) groups excluding carboxylic acids is 1. The highest BCUT2D eigenvalue weighted by Gasteiger charge is 2.15. The average molecular weight is 196 g/mol. The van der Waals surface area contributed by atoms with Gasteiger partial charge in [-0.2, -0.15) is 0 Å². The largest absolute Gasteiger partial charge is 0.468 e. The zero-order valence-electron chi connectivity index (χ0n) is 6.74. The van der Waals surface area contributed by atoms with Gasteiger partial charge in [0.05, 0.1) is 7.11 Å². The molecule has 0 aromatic rings. The number of nitrogens with one attached hydrogen (secondary N) is 1. The van der Waals surface area contributed by atoms with Crippen molar-refractivity contribution in [3.63, 3.8) is 0 Å². The second kappa shape index (κ2) is 5.07. The van der Waals surface area contributed by atoms with Crippen LogP contribution in [0.4, 0.5) is 0 Å². The first kappa shape index (κ1) is 11.3. The molecule has 0 aliphatic heterocycles.